The maximum atomic E-state index is 13.2. The fourth-order valence-electron chi connectivity index (χ4n) is 6.11. The second-order valence-corrected chi connectivity index (χ2v) is 9.54. The first-order valence-corrected chi connectivity index (χ1v) is 11.5. The molecule has 0 amide bonds. The van der Waals surface area contributed by atoms with Crippen LogP contribution in [0.25, 0.3) is 0 Å². The standard InChI is InChI=1S/C27H27NO3/c29-22-15-20-16-28-21(13-17-7-3-1-4-8-17)27(30)31-23(14-18-9-5-2-6-10-18)26(28)25(20)24(22)19-11-12-19/h1-10,15,19,21,23-26H,11-14,16H2/t21-,23-,24-,25-,26-/m0/s1. The number of carbonyl (C=O) groups excluding carboxylic acids is 2. The highest BCUT2D eigenvalue weighted by atomic mass is 16.6. The van der Waals surface area contributed by atoms with Crippen molar-refractivity contribution in [2.45, 2.75) is 43.9 Å². The summed E-state index contributed by atoms with van der Waals surface area (Å²) in [7, 11) is 0. The molecule has 2 aliphatic heterocycles. The summed E-state index contributed by atoms with van der Waals surface area (Å²) >= 11 is 0. The molecule has 0 spiro atoms. The molecular formula is C27H27NO3. The first-order chi connectivity index (χ1) is 15.2. The van der Waals surface area contributed by atoms with Gasteiger partial charge in [0.1, 0.15) is 12.1 Å². The molecule has 5 atom stereocenters. The number of fused-ring (bicyclic) bond motifs is 3. The van der Waals surface area contributed by atoms with Gasteiger partial charge in [0.05, 0.1) is 6.04 Å². The lowest BCUT2D eigenvalue weighted by Gasteiger charge is -2.44. The number of carbonyl (C=O) groups is 2. The fraction of sp³-hybridized carbons (Fsp3) is 0.407. The molecule has 1 saturated carbocycles. The number of ether oxygens (including phenoxy) is 1. The largest absolute Gasteiger partial charge is 0.459 e. The zero-order valence-electron chi connectivity index (χ0n) is 17.5. The van der Waals surface area contributed by atoms with Crippen LogP contribution in [0.3, 0.4) is 0 Å². The molecule has 2 heterocycles. The Morgan fingerprint density at radius 3 is 2.13 bits per heavy atom. The summed E-state index contributed by atoms with van der Waals surface area (Å²) in [6.07, 6.45) is 5.33. The Balaban J connectivity index is 1.35. The maximum absolute atomic E-state index is 13.2. The third-order valence-electron chi connectivity index (χ3n) is 7.59. The monoisotopic (exact) mass is 413 g/mol. The SMILES string of the molecule is O=C1C=C2CN3[C@H]([C@@H]2[C@H]1C1CC1)[C@H](Cc1ccccc1)OC(=O)[C@@H]3Cc1ccccc1. The van der Waals surface area contributed by atoms with Gasteiger partial charge in [-0.05, 0) is 48.0 Å². The van der Waals surface area contributed by atoms with E-state index in [4.69, 9.17) is 4.74 Å². The van der Waals surface area contributed by atoms with Crippen molar-refractivity contribution in [3.05, 3.63) is 83.4 Å². The van der Waals surface area contributed by atoms with Crippen LogP contribution in [0, 0.1) is 17.8 Å². The van der Waals surface area contributed by atoms with Gasteiger partial charge in [-0.1, -0.05) is 60.7 Å². The van der Waals surface area contributed by atoms with Crippen molar-refractivity contribution in [2.75, 3.05) is 6.54 Å². The summed E-state index contributed by atoms with van der Waals surface area (Å²) < 4.78 is 6.16. The minimum Gasteiger partial charge on any atom is -0.459 e. The third-order valence-corrected chi connectivity index (χ3v) is 7.59. The number of benzene rings is 2. The predicted molar refractivity (Wildman–Crippen MR) is 117 cm³/mol. The molecule has 0 radical (unpaired) electrons. The quantitative estimate of drug-likeness (QED) is 0.703. The van der Waals surface area contributed by atoms with Gasteiger partial charge in [0.25, 0.3) is 0 Å². The minimum atomic E-state index is -0.291. The lowest BCUT2D eigenvalue weighted by atomic mass is 9.79. The Kier molecular flexibility index (Phi) is 4.57. The Labute approximate surface area is 182 Å². The Morgan fingerprint density at radius 2 is 1.48 bits per heavy atom. The number of esters is 1. The highest BCUT2D eigenvalue weighted by molar-refractivity contribution is 5.97. The van der Waals surface area contributed by atoms with Crippen molar-refractivity contribution in [2.24, 2.45) is 17.8 Å². The normalized spacial score (nSPS) is 32.4. The molecule has 2 aromatic rings. The molecule has 3 fully saturated rings. The van der Waals surface area contributed by atoms with Crippen molar-refractivity contribution >= 4 is 11.8 Å². The van der Waals surface area contributed by atoms with Crippen LogP contribution in [0.2, 0.25) is 0 Å². The van der Waals surface area contributed by atoms with E-state index in [9.17, 15) is 9.59 Å². The van der Waals surface area contributed by atoms with Gasteiger partial charge in [-0.2, -0.15) is 0 Å². The molecule has 4 nitrogen and oxygen atoms in total. The smallest absolute Gasteiger partial charge is 0.324 e. The molecule has 2 saturated heterocycles. The van der Waals surface area contributed by atoms with Crippen molar-refractivity contribution < 1.29 is 14.3 Å². The van der Waals surface area contributed by atoms with E-state index in [2.05, 4.69) is 29.2 Å². The number of nitrogens with zero attached hydrogens (tertiary/aromatic N) is 1. The van der Waals surface area contributed by atoms with Crippen LogP contribution in [0.5, 0.6) is 0 Å². The summed E-state index contributed by atoms with van der Waals surface area (Å²) in [4.78, 5) is 28.4. The van der Waals surface area contributed by atoms with E-state index in [1.54, 1.807) is 0 Å². The first kappa shape index (κ1) is 19.0. The van der Waals surface area contributed by atoms with Gasteiger partial charge in [0.15, 0.2) is 5.78 Å². The van der Waals surface area contributed by atoms with Crippen LogP contribution in [0.4, 0.5) is 0 Å². The predicted octanol–water partition coefficient (Wildman–Crippen LogP) is 3.60. The summed E-state index contributed by atoms with van der Waals surface area (Å²) in [5.41, 5.74) is 3.54. The van der Waals surface area contributed by atoms with Crippen molar-refractivity contribution in [3.63, 3.8) is 0 Å². The van der Waals surface area contributed by atoms with E-state index in [-0.39, 0.29) is 36.0 Å². The van der Waals surface area contributed by atoms with Gasteiger partial charge in [0, 0.05) is 24.8 Å². The fourth-order valence-corrected chi connectivity index (χ4v) is 6.11. The van der Waals surface area contributed by atoms with Gasteiger partial charge in [0.2, 0.25) is 0 Å². The molecule has 4 aliphatic rings. The molecule has 0 aromatic heterocycles. The molecular weight excluding hydrogens is 386 g/mol. The highest BCUT2D eigenvalue weighted by Crippen LogP contribution is 2.53. The molecule has 4 heteroatoms. The highest BCUT2D eigenvalue weighted by Gasteiger charge is 2.59. The number of rotatable bonds is 5. The van der Waals surface area contributed by atoms with Gasteiger partial charge in [-0.15, -0.1) is 0 Å². The van der Waals surface area contributed by atoms with Crippen LogP contribution in [-0.4, -0.2) is 41.4 Å². The second-order valence-electron chi connectivity index (χ2n) is 9.54. The van der Waals surface area contributed by atoms with Gasteiger partial charge < -0.3 is 4.74 Å². The minimum absolute atomic E-state index is 0.0786. The van der Waals surface area contributed by atoms with Crippen LogP contribution < -0.4 is 0 Å². The van der Waals surface area contributed by atoms with Gasteiger partial charge in [-0.3, -0.25) is 14.5 Å². The summed E-state index contributed by atoms with van der Waals surface area (Å²) in [6, 6.07) is 20.2. The summed E-state index contributed by atoms with van der Waals surface area (Å²) in [6.45, 7) is 0.710. The Hall–Kier alpha value is -2.72. The van der Waals surface area contributed by atoms with Crippen molar-refractivity contribution in [1.82, 2.24) is 4.90 Å². The average molecular weight is 414 g/mol. The van der Waals surface area contributed by atoms with Gasteiger partial charge in [-0.25, -0.2) is 0 Å². The number of cyclic esters (lactones) is 1. The Bertz CT molecular complexity index is 1030. The molecule has 0 unspecified atom stereocenters. The van der Waals surface area contributed by atoms with E-state index in [0.717, 1.165) is 18.4 Å². The lowest BCUT2D eigenvalue weighted by Crippen LogP contribution is -2.60. The van der Waals surface area contributed by atoms with Crippen molar-refractivity contribution in [1.29, 1.82) is 0 Å². The molecule has 2 aromatic carbocycles. The number of hydrogen-bond donors (Lipinski definition) is 0. The zero-order chi connectivity index (χ0) is 20.9. The van der Waals surface area contributed by atoms with E-state index >= 15 is 0 Å². The van der Waals surface area contributed by atoms with Gasteiger partial charge >= 0.3 is 5.97 Å². The number of ketones is 1. The van der Waals surface area contributed by atoms with Crippen LogP contribution in [-0.2, 0) is 27.2 Å². The topological polar surface area (TPSA) is 46.6 Å². The van der Waals surface area contributed by atoms with E-state index in [0.29, 0.717) is 31.1 Å². The number of allylic oxidation sites excluding steroid dienone is 1. The molecule has 2 aliphatic carbocycles. The van der Waals surface area contributed by atoms with E-state index in [1.807, 2.05) is 42.5 Å². The van der Waals surface area contributed by atoms with E-state index < -0.39 is 0 Å². The molecule has 158 valence electrons. The third kappa shape index (κ3) is 3.34. The number of hydrogen-bond acceptors (Lipinski definition) is 4. The molecule has 31 heavy (non-hydrogen) atoms. The molecule has 6 rings (SSSR count). The maximum Gasteiger partial charge on any atom is 0.324 e. The summed E-state index contributed by atoms with van der Waals surface area (Å²) in [5, 5.41) is 0. The molecule has 0 bridgehead atoms. The second kappa shape index (κ2) is 7.45. The Morgan fingerprint density at radius 1 is 0.839 bits per heavy atom. The summed E-state index contributed by atoms with van der Waals surface area (Å²) in [5.74, 6) is 0.958. The van der Waals surface area contributed by atoms with Crippen LogP contribution in [0.1, 0.15) is 24.0 Å². The number of morpholine rings is 1. The zero-order valence-corrected chi connectivity index (χ0v) is 17.5. The average Bonchev–Trinajstić information content (AvgIpc) is 3.47. The van der Waals surface area contributed by atoms with Crippen molar-refractivity contribution in [3.8, 4) is 0 Å². The molecule has 0 N–H and O–H groups in total. The van der Waals surface area contributed by atoms with Crippen LogP contribution in [0.15, 0.2) is 72.3 Å². The van der Waals surface area contributed by atoms with Crippen LogP contribution >= 0.6 is 0 Å². The van der Waals surface area contributed by atoms with E-state index in [1.165, 1.54) is 11.1 Å². The lowest BCUT2D eigenvalue weighted by molar-refractivity contribution is -0.173. The first-order valence-electron chi connectivity index (χ1n) is 11.5.